The second kappa shape index (κ2) is 7.20. The van der Waals surface area contributed by atoms with Crippen molar-refractivity contribution < 1.29 is 4.79 Å². The lowest BCUT2D eigenvalue weighted by Gasteiger charge is -2.23. The second-order valence-corrected chi connectivity index (χ2v) is 7.49. The lowest BCUT2D eigenvalue weighted by Crippen LogP contribution is -2.33. The molecule has 1 atom stereocenters. The maximum atomic E-state index is 12.3. The lowest BCUT2D eigenvalue weighted by atomic mass is 10.2. The highest BCUT2D eigenvalue weighted by atomic mass is 32.1. The fourth-order valence-electron chi connectivity index (χ4n) is 2.28. The van der Waals surface area contributed by atoms with E-state index < -0.39 is 0 Å². The zero-order valence-corrected chi connectivity index (χ0v) is 14.6. The Morgan fingerprint density at radius 2 is 2.19 bits per heavy atom. The molecule has 0 aliphatic carbocycles. The van der Waals surface area contributed by atoms with Crippen LogP contribution in [0.1, 0.15) is 38.0 Å². The van der Waals surface area contributed by atoms with Crippen molar-refractivity contribution in [3.8, 4) is 0 Å². The van der Waals surface area contributed by atoms with Gasteiger partial charge in [-0.15, -0.1) is 22.7 Å². The summed E-state index contributed by atoms with van der Waals surface area (Å²) >= 11 is 3.31. The summed E-state index contributed by atoms with van der Waals surface area (Å²) in [5.74, 6) is 0.0335. The number of nitrogens with zero attached hydrogens (tertiary/aromatic N) is 1. The van der Waals surface area contributed by atoms with Crippen LogP contribution < -0.4 is 5.32 Å². The van der Waals surface area contributed by atoms with Crippen LogP contribution in [0.2, 0.25) is 0 Å². The summed E-state index contributed by atoms with van der Waals surface area (Å²) in [5, 5.41) is 5.14. The molecule has 3 nitrogen and oxygen atoms in total. The Labute approximate surface area is 134 Å². The van der Waals surface area contributed by atoms with Crippen LogP contribution in [0.5, 0.6) is 0 Å². The molecule has 2 aromatic heterocycles. The fourth-order valence-corrected chi connectivity index (χ4v) is 4.23. The van der Waals surface area contributed by atoms with Gasteiger partial charge in [-0.3, -0.25) is 4.79 Å². The number of carbonyl (C=O) groups is 1. The summed E-state index contributed by atoms with van der Waals surface area (Å²) in [7, 11) is 4.09. The van der Waals surface area contributed by atoms with E-state index in [2.05, 4.69) is 41.6 Å². The SMILES string of the molecule is CCc1cc(C(=O)NCC(c2cccs2)N(C)C)sc1C. The van der Waals surface area contributed by atoms with Gasteiger partial charge in [-0.05, 0) is 50.5 Å². The van der Waals surface area contributed by atoms with Crippen molar-refractivity contribution in [1.29, 1.82) is 0 Å². The van der Waals surface area contributed by atoms with Gasteiger partial charge in [-0.1, -0.05) is 13.0 Å². The molecule has 0 spiro atoms. The third-order valence-electron chi connectivity index (χ3n) is 3.58. The molecule has 114 valence electrons. The van der Waals surface area contributed by atoms with Crippen molar-refractivity contribution in [2.24, 2.45) is 0 Å². The van der Waals surface area contributed by atoms with Crippen molar-refractivity contribution in [1.82, 2.24) is 10.2 Å². The molecular weight excluding hydrogens is 300 g/mol. The first kappa shape index (κ1) is 16.2. The third kappa shape index (κ3) is 3.93. The van der Waals surface area contributed by atoms with Crippen molar-refractivity contribution >= 4 is 28.6 Å². The predicted octanol–water partition coefficient (Wildman–Crippen LogP) is 3.71. The molecule has 0 aromatic carbocycles. The van der Waals surface area contributed by atoms with E-state index in [0.29, 0.717) is 6.54 Å². The van der Waals surface area contributed by atoms with Crippen LogP contribution in [0.4, 0.5) is 0 Å². The minimum atomic E-state index is 0.0335. The summed E-state index contributed by atoms with van der Waals surface area (Å²) < 4.78 is 0. The van der Waals surface area contributed by atoms with Gasteiger partial charge in [0.1, 0.15) is 0 Å². The third-order valence-corrected chi connectivity index (χ3v) is 5.64. The summed E-state index contributed by atoms with van der Waals surface area (Å²) in [6, 6.07) is 6.41. The molecule has 1 N–H and O–H groups in total. The first-order valence-electron chi connectivity index (χ1n) is 7.10. The van der Waals surface area contributed by atoms with Crippen LogP contribution in [-0.2, 0) is 6.42 Å². The second-order valence-electron chi connectivity index (χ2n) is 5.25. The number of amides is 1. The van der Waals surface area contributed by atoms with E-state index in [1.807, 2.05) is 20.2 Å². The van der Waals surface area contributed by atoms with Crippen molar-refractivity contribution in [2.75, 3.05) is 20.6 Å². The molecule has 0 fully saturated rings. The maximum absolute atomic E-state index is 12.3. The molecule has 0 saturated carbocycles. The number of likely N-dealkylation sites (N-methyl/N-ethyl adjacent to an activating group) is 1. The highest BCUT2D eigenvalue weighted by molar-refractivity contribution is 7.14. The van der Waals surface area contributed by atoms with Gasteiger partial charge in [0.2, 0.25) is 0 Å². The van der Waals surface area contributed by atoms with E-state index in [1.54, 1.807) is 22.7 Å². The number of rotatable bonds is 6. The maximum Gasteiger partial charge on any atom is 0.261 e. The van der Waals surface area contributed by atoms with Gasteiger partial charge < -0.3 is 10.2 Å². The number of carbonyl (C=O) groups excluding carboxylic acids is 1. The summed E-state index contributed by atoms with van der Waals surface area (Å²) in [6.07, 6.45) is 0.977. The number of thiophene rings is 2. The summed E-state index contributed by atoms with van der Waals surface area (Å²) in [6.45, 7) is 4.83. The van der Waals surface area contributed by atoms with Crippen molar-refractivity contribution in [3.63, 3.8) is 0 Å². The Morgan fingerprint density at radius 1 is 1.43 bits per heavy atom. The smallest absolute Gasteiger partial charge is 0.261 e. The molecule has 21 heavy (non-hydrogen) atoms. The Balaban J connectivity index is 2.02. The average Bonchev–Trinajstić information content (AvgIpc) is 3.07. The number of hydrogen-bond donors (Lipinski definition) is 1. The first-order chi connectivity index (χ1) is 10.0. The number of hydrogen-bond acceptors (Lipinski definition) is 4. The van der Waals surface area contributed by atoms with E-state index >= 15 is 0 Å². The molecule has 0 bridgehead atoms. The number of aryl methyl sites for hydroxylation is 2. The topological polar surface area (TPSA) is 32.3 Å². The molecule has 2 heterocycles. The van der Waals surface area contributed by atoms with Crippen LogP contribution >= 0.6 is 22.7 Å². The van der Waals surface area contributed by atoms with E-state index in [4.69, 9.17) is 0 Å². The molecule has 1 unspecified atom stereocenters. The van der Waals surface area contributed by atoms with Crippen LogP contribution in [0.25, 0.3) is 0 Å². The van der Waals surface area contributed by atoms with Crippen molar-refractivity contribution in [3.05, 3.63) is 43.8 Å². The van der Waals surface area contributed by atoms with Gasteiger partial charge in [-0.2, -0.15) is 0 Å². The lowest BCUT2D eigenvalue weighted by molar-refractivity contribution is 0.0946. The Kier molecular flexibility index (Phi) is 5.56. The van der Waals surface area contributed by atoms with E-state index in [0.717, 1.165) is 11.3 Å². The van der Waals surface area contributed by atoms with Gasteiger partial charge in [0.15, 0.2) is 0 Å². The van der Waals surface area contributed by atoms with Gasteiger partial charge in [-0.25, -0.2) is 0 Å². The Bertz CT molecular complexity index is 587. The van der Waals surface area contributed by atoms with Crippen LogP contribution in [0, 0.1) is 6.92 Å². The van der Waals surface area contributed by atoms with E-state index in [-0.39, 0.29) is 11.9 Å². The van der Waals surface area contributed by atoms with Crippen LogP contribution in [0.15, 0.2) is 23.6 Å². The molecule has 0 radical (unpaired) electrons. The molecule has 5 heteroatoms. The molecule has 2 rings (SSSR count). The van der Waals surface area contributed by atoms with Crippen LogP contribution in [0.3, 0.4) is 0 Å². The van der Waals surface area contributed by atoms with Crippen LogP contribution in [-0.4, -0.2) is 31.4 Å². The normalized spacial score (nSPS) is 12.6. The van der Waals surface area contributed by atoms with Gasteiger partial charge >= 0.3 is 0 Å². The van der Waals surface area contributed by atoms with Gasteiger partial charge in [0.25, 0.3) is 5.91 Å². The first-order valence-corrected chi connectivity index (χ1v) is 8.79. The molecule has 1 amide bonds. The highest BCUT2D eigenvalue weighted by Crippen LogP contribution is 2.24. The number of nitrogens with one attached hydrogen (secondary N) is 1. The minimum absolute atomic E-state index is 0.0335. The molecule has 0 saturated heterocycles. The molecular formula is C16H22N2OS2. The molecule has 2 aromatic rings. The van der Waals surface area contributed by atoms with Gasteiger partial charge in [0, 0.05) is 16.3 Å². The average molecular weight is 322 g/mol. The minimum Gasteiger partial charge on any atom is -0.349 e. The zero-order valence-electron chi connectivity index (χ0n) is 13.0. The molecule has 0 aliphatic heterocycles. The monoisotopic (exact) mass is 322 g/mol. The summed E-state index contributed by atoms with van der Waals surface area (Å²) in [4.78, 5) is 17.8. The van der Waals surface area contributed by atoms with Gasteiger partial charge in [0.05, 0.1) is 10.9 Å². The van der Waals surface area contributed by atoms with E-state index in [9.17, 15) is 4.79 Å². The standard InChI is InChI=1S/C16H22N2OS2/c1-5-12-9-15(21-11(12)2)16(19)17-10-13(18(3)4)14-7-6-8-20-14/h6-9,13H,5,10H2,1-4H3,(H,17,19). The molecule has 0 aliphatic rings. The largest absolute Gasteiger partial charge is 0.349 e. The predicted molar refractivity (Wildman–Crippen MR) is 91.5 cm³/mol. The zero-order chi connectivity index (χ0) is 15.4. The summed E-state index contributed by atoms with van der Waals surface area (Å²) in [5.41, 5.74) is 1.27. The van der Waals surface area contributed by atoms with Crippen molar-refractivity contribution in [2.45, 2.75) is 26.3 Å². The Hall–Kier alpha value is -1.17. The Morgan fingerprint density at radius 3 is 2.71 bits per heavy atom. The fraction of sp³-hybridized carbons (Fsp3) is 0.438. The highest BCUT2D eigenvalue weighted by Gasteiger charge is 2.18. The quantitative estimate of drug-likeness (QED) is 0.879. The van der Waals surface area contributed by atoms with E-state index in [1.165, 1.54) is 15.3 Å².